The van der Waals surface area contributed by atoms with Gasteiger partial charge in [0.15, 0.2) is 15.6 Å². The van der Waals surface area contributed by atoms with Crippen molar-refractivity contribution < 1.29 is 22.4 Å². The lowest BCUT2D eigenvalue weighted by atomic mass is 10.0. The quantitative estimate of drug-likeness (QED) is 0.575. The van der Waals surface area contributed by atoms with Crippen molar-refractivity contribution in [1.82, 2.24) is 0 Å². The van der Waals surface area contributed by atoms with Gasteiger partial charge in [-0.15, -0.1) is 0 Å². The first kappa shape index (κ1) is 21.5. The topological polar surface area (TPSA) is 87.9 Å². The molecule has 1 aliphatic heterocycles. The Balaban J connectivity index is 1.56. The third-order valence-corrected chi connectivity index (χ3v) is 8.49. The van der Waals surface area contributed by atoms with Gasteiger partial charge in [0, 0.05) is 13.5 Å². The molecule has 8 heteroatoms. The number of benzene rings is 2. The number of furan rings is 1. The number of hydrogen-bond donors (Lipinski definition) is 0. The smallest absolute Gasteiger partial charge is 0.294 e. The summed E-state index contributed by atoms with van der Waals surface area (Å²) in [6.45, 7) is 3.74. The summed E-state index contributed by atoms with van der Waals surface area (Å²) in [6, 6.07) is 15.5. The van der Waals surface area contributed by atoms with Gasteiger partial charge in [-0.25, -0.2) is 8.42 Å². The monoisotopic (exact) mass is 464 g/mol. The second-order valence-electron chi connectivity index (χ2n) is 8.60. The van der Waals surface area contributed by atoms with E-state index in [0.717, 1.165) is 24.0 Å². The number of fused-ring (bicyclic) bond motifs is 1. The molecule has 1 aromatic heterocycles. The molecule has 2 amide bonds. The highest BCUT2D eigenvalue weighted by atomic mass is 32.2. The van der Waals surface area contributed by atoms with Crippen molar-refractivity contribution in [2.45, 2.75) is 42.9 Å². The van der Waals surface area contributed by atoms with Crippen LogP contribution in [0.5, 0.6) is 0 Å². The molecule has 1 aliphatic carbocycles. The highest BCUT2D eigenvalue weighted by molar-refractivity contribution is 7.92. The van der Waals surface area contributed by atoms with E-state index in [-0.39, 0.29) is 28.9 Å². The van der Waals surface area contributed by atoms with Gasteiger partial charge in [-0.3, -0.25) is 9.59 Å². The first-order valence-corrected chi connectivity index (χ1v) is 12.5. The van der Waals surface area contributed by atoms with E-state index in [9.17, 15) is 18.0 Å². The molecule has 0 N–H and O–H groups in total. The lowest BCUT2D eigenvalue weighted by Crippen LogP contribution is -2.51. The molecule has 0 bridgehead atoms. The van der Waals surface area contributed by atoms with Gasteiger partial charge < -0.3 is 14.2 Å². The molecule has 0 spiro atoms. The zero-order valence-electron chi connectivity index (χ0n) is 18.4. The Morgan fingerprint density at radius 1 is 0.970 bits per heavy atom. The molecular formula is C25H24N2O5S. The van der Waals surface area contributed by atoms with Gasteiger partial charge in [0.25, 0.3) is 5.91 Å². The summed E-state index contributed by atoms with van der Waals surface area (Å²) in [7, 11) is -3.25. The third kappa shape index (κ3) is 3.74. The fourth-order valence-electron chi connectivity index (χ4n) is 4.42. The SMILES string of the molecule is CC(=O)N1c2ccc(-c3ccc(S(=O)(=O)C4CC4)cc3)cc2N(C(=O)c2ccco2)CC1C. The van der Waals surface area contributed by atoms with E-state index in [4.69, 9.17) is 4.42 Å². The van der Waals surface area contributed by atoms with Crippen LogP contribution in [0, 0.1) is 0 Å². The predicted octanol–water partition coefficient (Wildman–Crippen LogP) is 4.28. The molecule has 170 valence electrons. The Morgan fingerprint density at radius 2 is 1.67 bits per heavy atom. The summed E-state index contributed by atoms with van der Waals surface area (Å²) in [5.74, 6) is -0.153. The largest absolute Gasteiger partial charge is 0.459 e. The predicted molar refractivity (Wildman–Crippen MR) is 125 cm³/mol. The van der Waals surface area contributed by atoms with Gasteiger partial charge in [-0.1, -0.05) is 18.2 Å². The molecule has 0 saturated heterocycles. The molecule has 1 atom stereocenters. The fourth-order valence-corrected chi connectivity index (χ4v) is 6.08. The van der Waals surface area contributed by atoms with Gasteiger partial charge in [0.05, 0.1) is 33.8 Å². The third-order valence-electron chi connectivity index (χ3n) is 6.21. The molecule has 2 aliphatic rings. The number of amides is 2. The Morgan fingerprint density at radius 3 is 2.27 bits per heavy atom. The molecule has 0 radical (unpaired) electrons. The average Bonchev–Trinajstić information content (AvgIpc) is 3.53. The molecule has 2 heterocycles. The highest BCUT2D eigenvalue weighted by Gasteiger charge is 2.37. The molecule has 2 aromatic carbocycles. The van der Waals surface area contributed by atoms with Crippen LogP contribution in [0.2, 0.25) is 0 Å². The Hall–Kier alpha value is -3.39. The van der Waals surface area contributed by atoms with Crippen LogP contribution in [-0.4, -0.2) is 38.1 Å². The zero-order chi connectivity index (χ0) is 23.3. The van der Waals surface area contributed by atoms with Crippen molar-refractivity contribution in [3.8, 4) is 11.1 Å². The molecule has 1 fully saturated rings. The standard InChI is InChI=1S/C25H24N2O5S/c1-16-15-26(25(29)24-4-3-13-32-24)23-14-19(7-12-22(23)27(16)17(2)28)18-5-8-20(9-6-18)33(30,31)21-10-11-21/h3-9,12-14,16,21H,10-11,15H2,1-2H3. The molecule has 5 rings (SSSR count). The molecule has 3 aromatic rings. The number of hydrogen-bond acceptors (Lipinski definition) is 5. The highest BCUT2D eigenvalue weighted by Crippen LogP contribution is 2.40. The van der Waals surface area contributed by atoms with Crippen LogP contribution in [-0.2, 0) is 14.6 Å². The number of sulfone groups is 1. The van der Waals surface area contributed by atoms with Crippen LogP contribution < -0.4 is 9.80 Å². The molecule has 7 nitrogen and oxygen atoms in total. The lowest BCUT2D eigenvalue weighted by Gasteiger charge is -2.40. The van der Waals surface area contributed by atoms with Crippen molar-refractivity contribution in [1.29, 1.82) is 0 Å². The van der Waals surface area contributed by atoms with E-state index in [2.05, 4.69) is 0 Å². The molecule has 1 unspecified atom stereocenters. The second-order valence-corrected chi connectivity index (χ2v) is 10.8. The van der Waals surface area contributed by atoms with Gasteiger partial charge in [0.1, 0.15) is 0 Å². The summed E-state index contributed by atoms with van der Waals surface area (Å²) < 4.78 is 30.3. The maximum absolute atomic E-state index is 13.2. The summed E-state index contributed by atoms with van der Waals surface area (Å²) in [5.41, 5.74) is 2.90. The summed E-state index contributed by atoms with van der Waals surface area (Å²) >= 11 is 0. The van der Waals surface area contributed by atoms with Crippen molar-refractivity contribution in [2.24, 2.45) is 0 Å². The normalized spacial score (nSPS) is 18.2. The van der Waals surface area contributed by atoms with E-state index in [1.807, 2.05) is 25.1 Å². The van der Waals surface area contributed by atoms with Crippen LogP contribution in [0.1, 0.15) is 37.2 Å². The van der Waals surface area contributed by atoms with Crippen molar-refractivity contribution in [3.05, 3.63) is 66.6 Å². The van der Waals surface area contributed by atoms with E-state index in [0.29, 0.717) is 22.8 Å². The molecular weight excluding hydrogens is 440 g/mol. The fraction of sp³-hybridized carbons (Fsp3) is 0.280. The van der Waals surface area contributed by atoms with Crippen LogP contribution in [0.3, 0.4) is 0 Å². The lowest BCUT2D eigenvalue weighted by molar-refractivity contribution is -0.117. The minimum absolute atomic E-state index is 0.101. The van der Waals surface area contributed by atoms with Crippen molar-refractivity contribution in [2.75, 3.05) is 16.3 Å². The Labute approximate surface area is 192 Å². The molecule has 33 heavy (non-hydrogen) atoms. The second kappa shape index (κ2) is 7.88. The maximum atomic E-state index is 13.2. The van der Waals surface area contributed by atoms with Gasteiger partial charge in [0.2, 0.25) is 5.91 Å². The first-order valence-electron chi connectivity index (χ1n) is 10.9. The summed E-state index contributed by atoms with van der Waals surface area (Å²) in [4.78, 5) is 29.2. The minimum Gasteiger partial charge on any atom is -0.459 e. The summed E-state index contributed by atoms with van der Waals surface area (Å²) in [6.07, 6.45) is 2.90. The van der Waals surface area contributed by atoms with Gasteiger partial charge >= 0.3 is 0 Å². The van der Waals surface area contributed by atoms with E-state index in [1.165, 1.54) is 13.2 Å². The van der Waals surface area contributed by atoms with Crippen LogP contribution >= 0.6 is 0 Å². The Kier molecular flexibility index (Phi) is 5.12. The maximum Gasteiger partial charge on any atom is 0.294 e. The number of carbonyl (C=O) groups excluding carboxylic acids is 2. The molecule has 1 saturated carbocycles. The van der Waals surface area contributed by atoms with E-state index in [1.54, 1.807) is 46.2 Å². The van der Waals surface area contributed by atoms with Crippen LogP contribution in [0.15, 0.2) is 70.2 Å². The number of carbonyl (C=O) groups is 2. The van der Waals surface area contributed by atoms with Gasteiger partial charge in [-0.05, 0) is 67.3 Å². The van der Waals surface area contributed by atoms with Crippen LogP contribution in [0.25, 0.3) is 11.1 Å². The van der Waals surface area contributed by atoms with Crippen molar-refractivity contribution >= 4 is 33.0 Å². The van der Waals surface area contributed by atoms with E-state index < -0.39 is 9.84 Å². The number of anilines is 2. The zero-order valence-corrected chi connectivity index (χ0v) is 19.2. The van der Waals surface area contributed by atoms with Gasteiger partial charge in [-0.2, -0.15) is 0 Å². The number of nitrogens with zero attached hydrogens (tertiary/aromatic N) is 2. The Bertz CT molecular complexity index is 1330. The average molecular weight is 465 g/mol. The minimum atomic E-state index is -3.25. The van der Waals surface area contributed by atoms with E-state index >= 15 is 0 Å². The summed E-state index contributed by atoms with van der Waals surface area (Å²) in [5, 5.41) is -0.257. The first-order chi connectivity index (χ1) is 15.8. The van der Waals surface area contributed by atoms with Crippen LogP contribution in [0.4, 0.5) is 11.4 Å². The van der Waals surface area contributed by atoms with Crippen molar-refractivity contribution in [3.63, 3.8) is 0 Å². The number of rotatable bonds is 4.